The van der Waals surface area contributed by atoms with E-state index in [1.807, 2.05) is 25.1 Å². The number of nitrogens with two attached hydrogens (primary N) is 1. The largest absolute Gasteiger partial charge is 0.351 e. The van der Waals surface area contributed by atoms with Crippen molar-refractivity contribution in [2.24, 2.45) is 11.3 Å². The fourth-order valence-electron chi connectivity index (χ4n) is 2.73. The third-order valence-corrected chi connectivity index (χ3v) is 4.51. The zero-order valence-corrected chi connectivity index (χ0v) is 13.2. The van der Waals surface area contributed by atoms with Crippen molar-refractivity contribution >= 4 is 11.6 Å². The summed E-state index contributed by atoms with van der Waals surface area (Å²) in [7, 11) is 2.15. The van der Waals surface area contributed by atoms with E-state index < -0.39 is 0 Å². The lowest BCUT2D eigenvalue weighted by Gasteiger charge is -2.38. The second-order valence-electron chi connectivity index (χ2n) is 6.47. The van der Waals surface area contributed by atoms with Gasteiger partial charge in [0.15, 0.2) is 0 Å². The van der Waals surface area contributed by atoms with Gasteiger partial charge in [-0.1, -0.05) is 6.92 Å². The number of carbonyl (C=O) groups is 1. The van der Waals surface area contributed by atoms with Crippen LogP contribution in [0.2, 0.25) is 0 Å². The first kappa shape index (κ1) is 15.8. The van der Waals surface area contributed by atoms with Crippen molar-refractivity contribution in [3.8, 4) is 0 Å². The molecule has 21 heavy (non-hydrogen) atoms. The van der Waals surface area contributed by atoms with Gasteiger partial charge in [0.25, 0.3) is 5.91 Å². The highest BCUT2D eigenvalue weighted by Crippen LogP contribution is 2.29. The molecule has 0 saturated carbocycles. The van der Waals surface area contributed by atoms with E-state index in [4.69, 9.17) is 5.84 Å². The molecule has 1 aromatic carbocycles. The van der Waals surface area contributed by atoms with Gasteiger partial charge >= 0.3 is 0 Å². The molecule has 0 unspecified atom stereocenters. The number of hydrogen-bond acceptors (Lipinski definition) is 4. The molecule has 0 radical (unpaired) electrons. The van der Waals surface area contributed by atoms with Crippen molar-refractivity contribution in [3.05, 3.63) is 29.3 Å². The van der Waals surface area contributed by atoms with Gasteiger partial charge in [0.1, 0.15) is 0 Å². The molecule has 1 aliphatic rings. The van der Waals surface area contributed by atoms with Crippen LogP contribution in [-0.2, 0) is 0 Å². The van der Waals surface area contributed by atoms with Crippen molar-refractivity contribution in [2.75, 3.05) is 32.1 Å². The highest BCUT2D eigenvalue weighted by Gasteiger charge is 2.29. The first-order chi connectivity index (χ1) is 9.93. The minimum atomic E-state index is -0.00350. The van der Waals surface area contributed by atoms with Crippen LogP contribution in [-0.4, -0.2) is 37.5 Å². The fourth-order valence-corrected chi connectivity index (χ4v) is 2.73. The molecule has 1 aromatic rings. The quantitative estimate of drug-likeness (QED) is 0.583. The van der Waals surface area contributed by atoms with E-state index in [1.165, 1.54) is 0 Å². The Morgan fingerprint density at radius 2 is 2.05 bits per heavy atom. The Balaban J connectivity index is 1.95. The number of nitrogens with zero attached hydrogens (tertiary/aromatic N) is 1. The maximum Gasteiger partial charge on any atom is 0.251 e. The number of piperidine rings is 1. The lowest BCUT2D eigenvalue weighted by molar-refractivity contribution is 0.0891. The molecule has 0 atom stereocenters. The third-order valence-electron chi connectivity index (χ3n) is 4.51. The Hall–Kier alpha value is -1.59. The summed E-state index contributed by atoms with van der Waals surface area (Å²) < 4.78 is 0. The summed E-state index contributed by atoms with van der Waals surface area (Å²) in [4.78, 5) is 14.7. The topological polar surface area (TPSA) is 70.4 Å². The van der Waals surface area contributed by atoms with Gasteiger partial charge in [-0.3, -0.25) is 10.6 Å². The zero-order valence-electron chi connectivity index (χ0n) is 13.2. The van der Waals surface area contributed by atoms with Crippen LogP contribution in [0.5, 0.6) is 0 Å². The van der Waals surface area contributed by atoms with Crippen molar-refractivity contribution in [1.82, 2.24) is 10.2 Å². The number of benzene rings is 1. The van der Waals surface area contributed by atoms with Crippen LogP contribution in [0.15, 0.2) is 18.2 Å². The smallest absolute Gasteiger partial charge is 0.251 e. The summed E-state index contributed by atoms with van der Waals surface area (Å²) in [5, 5.41) is 3.09. The zero-order chi connectivity index (χ0) is 15.5. The van der Waals surface area contributed by atoms with Gasteiger partial charge in [-0.05, 0) is 69.1 Å². The molecule has 0 aromatic heterocycles. The lowest BCUT2D eigenvalue weighted by Crippen LogP contribution is -2.43. The van der Waals surface area contributed by atoms with Crippen LogP contribution < -0.4 is 16.6 Å². The highest BCUT2D eigenvalue weighted by atomic mass is 16.1. The number of nitrogens with one attached hydrogen (secondary N) is 2. The predicted octanol–water partition coefficient (Wildman–Crippen LogP) is 1.74. The monoisotopic (exact) mass is 290 g/mol. The number of anilines is 1. The summed E-state index contributed by atoms with van der Waals surface area (Å²) in [6.45, 7) is 7.11. The Labute approximate surface area is 126 Å². The molecule has 1 amide bonds. The molecule has 0 bridgehead atoms. The average molecular weight is 290 g/mol. The van der Waals surface area contributed by atoms with Gasteiger partial charge in [0.05, 0.1) is 0 Å². The van der Waals surface area contributed by atoms with E-state index in [0.717, 1.165) is 43.7 Å². The van der Waals surface area contributed by atoms with Crippen LogP contribution >= 0.6 is 0 Å². The summed E-state index contributed by atoms with van der Waals surface area (Å²) in [6.07, 6.45) is 2.25. The first-order valence-electron chi connectivity index (χ1n) is 7.47. The SMILES string of the molecule is Cc1cc(NN)ccc1C(=O)NCC1(C)CCN(C)CC1. The highest BCUT2D eigenvalue weighted by molar-refractivity contribution is 5.96. The molecule has 5 heteroatoms. The number of likely N-dealkylation sites (tertiary alicyclic amines) is 1. The molecule has 5 nitrogen and oxygen atoms in total. The Kier molecular flexibility index (Phi) is 4.85. The molecule has 1 aliphatic heterocycles. The normalized spacial score (nSPS) is 18.3. The number of amides is 1. The maximum absolute atomic E-state index is 12.3. The van der Waals surface area contributed by atoms with E-state index in [9.17, 15) is 4.79 Å². The van der Waals surface area contributed by atoms with Crippen LogP contribution in [0.25, 0.3) is 0 Å². The van der Waals surface area contributed by atoms with E-state index in [0.29, 0.717) is 5.56 Å². The van der Waals surface area contributed by atoms with Crippen LogP contribution in [0, 0.1) is 12.3 Å². The molecule has 4 N–H and O–H groups in total. The van der Waals surface area contributed by atoms with Crippen molar-refractivity contribution < 1.29 is 4.79 Å². The Morgan fingerprint density at radius 3 is 2.62 bits per heavy atom. The van der Waals surface area contributed by atoms with Crippen molar-refractivity contribution in [3.63, 3.8) is 0 Å². The second-order valence-corrected chi connectivity index (χ2v) is 6.47. The minimum Gasteiger partial charge on any atom is -0.351 e. The van der Waals surface area contributed by atoms with Gasteiger partial charge < -0.3 is 15.6 Å². The number of aryl methyl sites for hydroxylation is 1. The maximum atomic E-state index is 12.3. The van der Waals surface area contributed by atoms with Crippen LogP contribution in [0.4, 0.5) is 5.69 Å². The van der Waals surface area contributed by atoms with E-state index in [2.05, 4.69) is 29.6 Å². The number of hydrogen-bond donors (Lipinski definition) is 3. The van der Waals surface area contributed by atoms with E-state index >= 15 is 0 Å². The minimum absolute atomic E-state index is 0.00350. The standard InChI is InChI=1S/C16H26N4O/c1-12-10-13(19-17)4-5-14(12)15(21)18-11-16(2)6-8-20(3)9-7-16/h4-5,10,19H,6-9,11,17H2,1-3H3,(H,18,21). The molecule has 1 fully saturated rings. The van der Waals surface area contributed by atoms with Crippen molar-refractivity contribution in [2.45, 2.75) is 26.7 Å². The van der Waals surface area contributed by atoms with E-state index in [-0.39, 0.29) is 11.3 Å². The number of nitrogen functional groups attached to an aromatic ring is 1. The fraction of sp³-hybridized carbons (Fsp3) is 0.562. The Morgan fingerprint density at radius 1 is 1.38 bits per heavy atom. The first-order valence-corrected chi connectivity index (χ1v) is 7.47. The molecule has 0 aliphatic carbocycles. The third kappa shape index (κ3) is 3.95. The molecule has 1 saturated heterocycles. The number of rotatable bonds is 4. The molecule has 0 spiro atoms. The summed E-state index contributed by atoms with van der Waals surface area (Å²) in [5.41, 5.74) is 5.25. The van der Waals surface area contributed by atoms with Gasteiger partial charge in [-0.25, -0.2) is 0 Å². The van der Waals surface area contributed by atoms with Gasteiger partial charge in [-0.15, -0.1) is 0 Å². The summed E-state index contributed by atoms with van der Waals surface area (Å²) in [5.74, 6) is 5.37. The van der Waals surface area contributed by atoms with Gasteiger partial charge in [0.2, 0.25) is 0 Å². The van der Waals surface area contributed by atoms with Crippen molar-refractivity contribution in [1.29, 1.82) is 0 Å². The average Bonchev–Trinajstić information content (AvgIpc) is 2.48. The summed E-state index contributed by atoms with van der Waals surface area (Å²) in [6, 6.07) is 5.52. The van der Waals surface area contributed by atoms with Crippen LogP contribution in [0.1, 0.15) is 35.7 Å². The van der Waals surface area contributed by atoms with Gasteiger partial charge in [0, 0.05) is 17.8 Å². The lowest BCUT2D eigenvalue weighted by atomic mass is 9.80. The van der Waals surface area contributed by atoms with E-state index in [1.54, 1.807) is 0 Å². The molecule has 1 heterocycles. The molecule has 116 valence electrons. The predicted molar refractivity (Wildman–Crippen MR) is 86.2 cm³/mol. The summed E-state index contributed by atoms with van der Waals surface area (Å²) >= 11 is 0. The van der Waals surface area contributed by atoms with Gasteiger partial charge in [-0.2, -0.15) is 0 Å². The second kappa shape index (κ2) is 6.45. The molecular formula is C16H26N4O. The molecular weight excluding hydrogens is 264 g/mol. The van der Waals surface area contributed by atoms with Crippen LogP contribution in [0.3, 0.4) is 0 Å². The Bertz CT molecular complexity index is 507. The number of carbonyl (C=O) groups excluding carboxylic acids is 1. The number of hydrazine groups is 1. The molecule has 2 rings (SSSR count).